The summed E-state index contributed by atoms with van der Waals surface area (Å²) in [5, 5.41) is 10.6. The minimum Gasteiger partial charge on any atom is -0.307 e. The van der Waals surface area contributed by atoms with Gasteiger partial charge in [0, 0.05) is 35.9 Å². The van der Waals surface area contributed by atoms with Crippen molar-refractivity contribution in [1.82, 2.24) is 20.1 Å². The van der Waals surface area contributed by atoms with Crippen molar-refractivity contribution in [3.05, 3.63) is 59.6 Å². The van der Waals surface area contributed by atoms with Crippen LogP contribution in [0.4, 0.5) is 4.39 Å². The lowest BCUT2D eigenvalue weighted by Crippen LogP contribution is -2.30. The molecule has 0 aliphatic rings. The zero-order valence-electron chi connectivity index (χ0n) is 12.2. The lowest BCUT2D eigenvalue weighted by molar-refractivity contribution is 0.449. The van der Waals surface area contributed by atoms with Crippen molar-refractivity contribution in [3.63, 3.8) is 0 Å². The minimum absolute atomic E-state index is 0.227. The Labute approximate surface area is 132 Å². The summed E-state index contributed by atoms with van der Waals surface area (Å²) in [5.74, 6) is -0.227. The first-order chi connectivity index (χ1) is 10.7. The van der Waals surface area contributed by atoms with Crippen LogP contribution in [0.15, 0.2) is 48.1 Å². The molecule has 0 fully saturated rings. The average molecular weight is 316 g/mol. The largest absolute Gasteiger partial charge is 0.307 e. The highest BCUT2D eigenvalue weighted by Gasteiger charge is 2.07. The van der Waals surface area contributed by atoms with Gasteiger partial charge in [-0.3, -0.25) is 4.68 Å². The summed E-state index contributed by atoms with van der Waals surface area (Å²) in [7, 11) is 0. The van der Waals surface area contributed by atoms with Gasteiger partial charge < -0.3 is 5.32 Å². The molecule has 0 unspecified atom stereocenters. The third-order valence-electron chi connectivity index (χ3n) is 3.29. The molecular formula is C16H17FN4S. The van der Waals surface area contributed by atoms with E-state index in [0.29, 0.717) is 12.6 Å². The number of hydrogen-bond donors (Lipinski definition) is 1. The van der Waals surface area contributed by atoms with E-state index >= 15 is 0 Å². The summed E-state index contributed by atoms with van der Waals surface area (Å²) in [4.78, 5) is 4.59. The molecule has 1 atom stereocenters. The molecular weight excluding hydrogens is 299 g/mol. The van der Waals surface area contributed by atoms with Gasteiger partial charge in [-0.15, -0.1) is 11.3 Å². The van der Waals surface area contributed by atoms with Gasteiger partial charge >= 0.3 is 0 Å². The zero-order chi connectivity index (χ0) is 15.4. The highest BCUT2D eigenvalue weighted by Crippen LogP contribution is 2.23. The van der Waals surface area contributed by atoms with E-state index in [1.165, 1.54) is 12.1 Å². The van der Waals surface area contributed by atoms with Gasteiger partial charge in [-0.2, -0.15) is 5.10 Å². The van der Waals surface area contributed by atoms with Crippen LogP contribution in [-0.4, -0.2) is 20.8 Å². The van der Waals surface area contributed by atoms with E-state index in [1.807, 2.05) is 22.3 Å². The van der Waals surface area contributed by atoms with Crippen LogP contribution in [0.3, 0.4) is 0 Å². The van der Waals surface area contributed by atoms with Crippen molar-refractivity contribution in [2.24, 2.45) is 0 Å². The van der Waals surface area contributed by atoms with E-state index in [2.05, 4.69) is 22.3 Å². The average Bonchev–Trinajstić information content (AvgIpc) is 3.17. The molecule has 0 aliphatic heterocycles. The van der Waals surface area contributed by atoms with E-state index in [1.54, 1.807) is 29.7 Å². The highest BCUT2D eigenvalue weighted by atomic mass is 32.1. The molecule has 0 saturated heterocycles. The summed E-state index contributed by atoms with van der Waals surface area (Å²) in [6.07, 6.45) is 3.73. The third kappa shape index (κ3) is 3.78. The first-order valence-electron chi connectivity index (χ1n) is 7.12. The predicted molar refractivity (Wildman–Crippen MR) is 86.0 cm³/mol. The standard InChI is InChI=1S/C16H17FN4S/c1-12(10-21-8-2-7-19-21)18-9-15-11-22-16(20-15)13-3-5-14(17)6-4-13/h2-8,11-12,18H,9-10H2,1H3/t12-/m1/s1. The molecule has 4 nitrogen and oxygen atoms in total. The lowest BCUT2D eigenvalue weighted by Gasteiger charge is -2.12. The summed E-state index contributed by atoms with van der Waals surface area (Å²) in [6.45, 7) is 3.65. The molecule has 3 aromatic rings. The molecule has 0 radical (unpaired) electrons. The maximum Gasteiger partial charge on any atom is 0.123 e. The van der Waals surface area contributed by atoms with Crippen LogP contribution in [0.25, 0.3) is 10.6 Å². The van der Waals surface area contributed by atoms with Gasteiger partial charge in [0.1, 0.15) is 10.8 Å². The number of halogens is 1. The van der Waals surface area contributed by atoms with E-state index in [9.17, 15) is 4.39 Å². The number of benzene rings is 1. The predicted octanol–water partition coefficient (Wildman–Crippen LogP) is 3.32. The number of thiazole rings is 1. The quantitative estimate of drug-likeness (QED) is 0.758. The Bertz CT molecular complexity index is 706. The molecule has 6 heteroatoms. The van der Waals surface area contributed by atoms with E-state index < -0.39 is 0 Å². The first-order valence-corrected chi connectivity index (χ1v) is 8.00. The SMILES string of the molecule is C[C@H](Cn1cccn1)NCc1csc(-c2ccc(F)cc2)n1. The van der Waals surface area contributed by atoms with E-state index in [0.717, 1.165) is 22.8 Å². The second-order valence-corrected chi connectivity index (χ2v) is 6.02. The fourth-order valence-corrected chi connectivity index (χ4v) is 2.97. The Balaban J connectivity index is 1.56. The summed E-state index contributed by atoms with van der Waals surface area (Å²) in [5.41, 5.74) is 1.94. The lowest BCUT2D eigenvalue weighted by atomic mass is 10.2. The van der Waals surface area contributed by atoms with Crippen LogP contribution in [-0.2, 0) is 13.1 Å². The second kappa shape index (κ2) is 6.81. The summed E-state index contributed by atoms with van der Waals surface area (Å²) >= 11 is 1.57. The third-order valence-corrected chi connectivity index (χ3v) is 4.23. The molecule has 0 spiro atoms. The molecule has 0 amide bonds. The molecule has 22 heavy (non-hydrogen) atoms. The van der Waals surface area contributed by atoms with Crippen molar-refractivity contribution in [3.8, 4) is 10.6 Å². The van der Waals surface area contributed by atoms with Gasteiger partial charge in [-0.25, -0.2) is 9.37 Å². The maximum atomic E-state index is 12.9. The normalized spacial score (nSPS) is 12.5. The molecule has 2 heterocycles. The van der Waals surface area contributed by atoms with Gasteiger partial charge in [0.2, 0.25) is 0 Å². The molecule has 0 aliphatic carbocycles. The maximum absolute atomic E-state index is 12.9. The summed E-state index contributed by atoms with van der Waals surface area (Å²) < 4.78 is 14.8. The second-order valence-electron chi connectivity index (χ2n) is 5.16. The van der Waals surface area contributed by atoms with Crippen LogP contribution in [0.2, 0.25) is 0 Å². The van der Waals surface area contributed by atoms with Gasteiger partial charge in [-0.1, -0.05) is 0 Å². The molecule has 3 rings (SSSR count). The molecule has 2 aromatic heterocycles. The highest BCUT2D eigenvalue weighted by molar-refractivity contribution is 7.13. The van der Waals surface area contributed by atoms with Gasteiger partial charge in [-0.05, 0) is 37.3 Å². The van der Waals surface area contributed by atoms with Crippen molar-refractivity contribution in [2.45, 2.75) is 26.1 Å². The van der Waals surface area contributed by atoms with Crippen molar-refractivity contribution >= 4 is 11.3 Å². The van der Waals surface area contributed by atoms with Crippen molar-refractivity contribution in [2.75, 3.05) is 0 Å². The number of nitrogens with one attached hydrogen (secondary N) is 1. The Hall–Kier alpha value is -2.05. The van der Waals surface area contributed by atoms with Crippen LogP contribution in [0, 0.1) is 5.82 Å². The molecule has 114 valence electrons. The van der Waals surface area contributed by atoms with Gasteiger partial charge in [0.05, 0.1) is 12.2 Å². The zero-order valence-corrected chi connectivity index (χ0v) is 13.1. The van der Waals surface area contributed by atoms with Crippen LogP contribution < -0.4 is 5.32 Å². The number of nitrogens with zero attached hydrogens (tertiary/aromatic N) is 3. The number of rotatable bonds is 6. The Morgan fingerprint density at radius 1 is 1.32 bits per heavy atom. The van der Waals surface area contributed by atoms with Crippen molar-refractivity contribution in [1.29, 1.82) is 0 Å². The minimum atomic E-state index is -0.227. The monoisotopic (exact) mass is 316 g/mol. The van der Waals surface area contributed by atoms with Gasteiger partial charge in [0.15, 0.2) is 0 Å². The molecule has 1 aromatic carbocycles. The van der Waals surface area contributed by atoms with Gasteiger partial charge in [0.25, 0.3) is 0 Å². The van der Waals surface area contributed by atoms with Crippen molar-refractivity contribution < 1.29 is 4.39 Å². The topological polar surface area (TPSA) is 42.7 Å². The molecule has 0 saturated carbocycles. The Kier molecular flexibility index (Phi) is 4.60. The van der Waals surface area contributed by atoms with E-state index in [-0.39, 0.29) is 5.82 Å². The molecule has 1 N–H and O–H groups in total. The first kappa shape index (κ1) is 14.9. The fraction of sp³-hybridized carbons (Fsp3) is 0.250. The van der Waals surface area contributed by atoms with E-state index in [4.69, 9.17) is 0 Å². The summed E-state index contributed by atoms with van der Waals surface area (Å²) in [6, 6.07) is 8.65. The number of aromatic nitrogens is 3. The smallest absolute Gasteiger partial charge is 0.123 e. The fourth-order valence-electron chi connectivity index (χ4n) is 2.15. The number of hydrogen-bond acceptors (Lipinski definition) is 4. The molecule has 0 bridgehead atoms. The Morgan fingerprint density at radius 2 is 2.14 bits per heavy atom. The Morgan fingerprint density at radius 3 is 2.86 bits per heavy atom. The van der Waals surface area contributed by atoms with Crippen LogP contribution in [0.1, 0.15) is 12.6 Å². The van der Waals surface area contributed by atoms with Crippen LogP contribution >= 0.6 is 11.3 Å². The van der Waals surface area contributed by atoms with Crippen LogP contribution in [0.5, 0.6) is 0 Å².